The van der Waals surface area contributed by atoms with Gasteiger partial charge in [0.05, 0.1) is 0 Å². The van der Waals surface area contributed by atoms with E-state index in [0.717, 1.165) is 6.07 Å². The van der Waals surface area contributed by atoms with Gasteiger partial charge in [-0.3, -0.25) is 0 Å². The first-order valence-corrected chi connectivity index (χ1v) is 6.04. The SMILES string of the molecule is CCc1cc(N)cc2cc(F)c(C#N)c(OC(O)(O)F)c12. The first kappa shape index (κ1) is 15.0. The minimum absolute atomic E-state index is 0.203. The minimum Gasteiger partial charge on any atom is -0.411 e. The summed E-state index contributed by atoms with van der Waals surface area (Å²) in [6, 6.07) is 5.56. The van der Waals surface area contributed by atoms with Crippen LogP contribution < -0.4 is 10.5 Å². The lowest BCUT2D eigenvalue weighted by Crippen LogP contribution is -2.29. The van der Waals surface area contributed by atoms with E-state index in [1.807, 2.05) is 0 Å². The number of nitrogens with zero attached hydrogens (tertiary/aromatic N) is 1. The van der Waals surface area contributed by atoms with Crippen molar-refractivity contribution in [3.63, 3.8) is 0 Å². The average molecular weight is 294 g/mol. The molecule has 5 nitrogen and oxygen atoms in total. The van der Waals surface area contributed by atoms with Gasteiger partial charge in [0.25, 0.3) is 0 Å². The molecule has 2 aromatic carbocycles. The second-order valence-corrected chi connectivity index (χ2v) is 4.44. The van der Waals surface area contributed by atoms with E-state index in [2.05, 4.69) is 4.74 Å². The summed E-state index contributed by atoms with van der Waals surface area (Å²) in [4.78, 5) is 0. The molecule has 0 aliphatic heterocycles. The number of fused-ring (bicyclic) bond motifs is 1. The quantitative estimate of drug-likeness (QED) is 0.593. The highest BCUT2D eigenvalue weighted by molar-refractivity contribution is 5.95. The van der Waals surface area contributed by atoms with Gasteiger partial charge in [-0.25, -0.2) is 4.39 Å². The predicted octanol–water partition coefficient (Wildman–Crippen LogP) is 1.94. The van der Waals surface area contributed by atoms with Gasteiger partial charge in [-0.2, -0.15) is 5.26 Å². The number of nitrogens with two attached hydrogens (primary N) is 1. The van der Waals surface area contributed by atoms with E-state index in [1.54, 1.807) is 13.0 Å². The van der Waals surface area contributed by atoms with Crippen LogP contribution in [0.3, 0.4) is 0 Å². The van der Waals surface area contributed by atoms with Crippen LogP contribution in [0.25, 0.3) is 10.8 Å². The van der Waals surface area contributed by atoms with E-state index in [9.17, 15) is 8.78 Å². The number of ether oxygens (including phenoxy) is 1. The molecule has 2 rings (SSSR count). The van der Waals surface area contributed by atoms with Crippen LogP contribution in [0.15, 0.2) is 18.2 Å². The van der Waals surface area contributed by atoms with Gasteiger partial charge in [-0.1, -0.05) is 6.92 Å². The van der Waals surface area contributed by atoms with E-state index in [1.165, 1.54) is 12.1 Å². The number of hydrogen-bond acceptors (Lipinski definition) is 5. The van der Waals surface area contributed by atoms with Crippen molar-refractivity contribution in [3.05, 3.63) is 35.1 Å². The molecule has 7 heteroatoms. The first-order valence-electron chi connectivity index (χ1n) is 6.04. The molecule has 0 fully saturated rings. The van der Waals surface area contributed by atoms with Crippen molar-refractivity contribution in [2.45, 2.75) is 19.6 Å². The topological polar surface area (TPSA) is 99.5 Å². The molecular weight excluding hydrogens is 282 g/mol. The second kappa shape index (κ2) is 5.16. The van der Waals surface area contributed by atoms with Crippen molar-refractivity contribution in [2.24, 2.45) is 0 Å². The van der Waals surface area contributed by atoms with E-state index in [4.69, 9.17) is 21.2 Å². The number of nitrogen functional groups attached to an aromatic ring is 1. The van der Waals surface area contributed by atoms with Crippen LogP contribution in [0.2, 0.25) is 0 Å². The van der Waals surface area contributed by atoms with Gasteiger partial charge >= 0.3 is 6.23 Å². The Labute approximate surface area is 118 Å². The first-order chi connectivity index (χ1) is 9.76. The summed E-state index contributed by atoms with van der Waals surface area (Å²) in [7, 11) is 0. The summed E-state index contributed by atoms with van der Waals surface area (Å²) in [5, 5.41) is 27.0. The van der Waals surface area contributed by atoms with Crippen molar-refractivity contribution in [1.82, 2.24) is 0 Å². The lowest BCUT2D eigenvalue weighted by Gasteiger charge is -2.18. The molecule has 0 saturated carbocycles. The Morgan fingerprint density at radius 1 is 1.38 bits per heavy atom. The zero-order chi connectivity index (χ0) is 15.8. The van der Waals surface area contributed by atoms with Gasteiger partial charge in [0.1, 0.15) is 17.4 Å². The molecule has 21 heavy (non-hydrogen) atoms. The number of anilines is 1. The monoisotopic (exact) mass is 294 g/mol. The molecule has 0 aliphatic carbocycles. The van der Waals surface area contributed by atoms with Gasteiger partial charge in [0, 0.05) is 11.1 Å². The molecule has 0 radical (unpaired) electrons. The highest BCUT2D eigenvalue weighted by Crippen LogP contribution is 2.37. The fraction of sp³-hybridized carbons (Fsp3) is 0.214. The van der Waals surface area contributed by atoms with Crippen molar-refractivity contribution in [1.29, 1.82) is 5.26 Å². The van der Waals surface area contributed by atoms with Gasteiger partial charge in [-0.05, 0) is 35.6 Å². The molecule has 0 bridgehead atoms. The standard InChI is InChI=1S/C14H12F2N2O3/c1-2-7-3-9(18)4-8-5-11(15)10(6-17)13(12(7)8)21-14(16,19)20/h3-5,19-20H,2,18H2,1H3. The van der Waals surface area contributed by atoms with Crippen LogP contribution in [-0.4, -0.2) is 16.4 Å². The Bertz CT molecular complexity index is 749. The van der Waals surface area contributed by atoms with Gasteiger partial charge in [0.15, 0.2) is 5.75 Å². The maximum absolute atomic E-state index is 13.9. The number of nitriles is 1. The lowest BCUT2D eigenvalue weighted by molar-refractivity contribution is -0.375. The third-order valence-electron chi connectivity index (χ3n) is 2.97. The molecule has 0 saturated heterocycles. The highest BCUT2D eigenvalue weighted by atomic mass is 19.2. The lowest BCUT2D eigenvalue weighted by atomic mass is 9.98. The summed E-state index contributed by atoms with van der Waals surface area (Å²) in [6.45, 7) is 1.77. The highest BCUT2D eigenvalue weighted by Gasteiger charge is 2.29. The zero-order valence-corrected chi connectivity index (χ0v) is 11.0. The van der Waals surface area contributed by atoms with Gasteiger partial charge < -0.3 is 20.7 Å². The number of alkyl halides is 1. The summed E-state index contributed by atoms with van der Waals surface area (Å²) in [6.07, 6.45) is -3.59. The molecule has 0 amide bonds. The van der Waals surface area contributed by atoms with E-state index < -0.39 is 23.4 Å². The van der Waals surface area contributed by atoms with Crippen molar-refractivity contribution in [2.75, 3.05) is 5.73 Å². The molecule has 0 unspecified atom stereocenters. The molecular formula is C14H12F2N2O3. The normalized spacial score (nSPS) is 11.4. The smallest absolute Gasteiger partial charge is 0.411 e. The molecule has 110 valence electrons. The Hall–Kier alpha value is -2.43. The van der Waals surface area contributed by atoms with Crippen molar-refractivity contribution < 1.29 is 23.7 Å². The molecule has 0 aromatic heterocycles. The van der Waals surface area contributed by atoms with Gasteiger partial charge in [-0.15, -0.1) is 4.39 Å². The Morgan fingerprint density at radius 3 is 2.57 bits per heavy atom. The third-order valence-corrected chi connectivity index (χ3v) is 2.97. The van der Waals surface area contributed by atoms with Crippen LogP contribution in [0.4, 0.5) is 14.5 Å². The molecule has 0 aliphatic rings. The Morgan fingerprint density at radius 2 is 2.05 bits per heavy atom. The molecule has 0 atom stereocenters. The van der Waals surface area contributed by atoms with Crippen molar-refractivity contribution >= 4 is 16.5 Å². The van der Waals surface area contributed by atoms with Crippen LogP contribution in [-0.2, 0) is 6.42 Å². The number of aryl methyl sites for hydroxylation is 1. The number of benzene rings is 2. The fourth-order valence-corrected chi connectivity index (χ4v) is 2.20. The number of aliphatic hydroxyl groups is 2. The van der Waals surface area contributed by atoms with E-state index in [-0.39, 0.29) is 10.8 Å². The Balaban J connectivity index is 2.92. The largest absolute Gasteiger partial charge is 0.492 e. The molecule has 0 heterocycles. The number of halogens is 2. The second-order valence-electron chi connectivity index (χ2n) is 4.44. The molecule has 2 aromatic rings. The maximum Gasteiger partial charge on any atom is 0.492 e. The van der Waals surface area contributed by atoms with Crippen LogP contribution in [0, 0.1) is 17.1 Å². The summed E-state index contributed by atoms with van der Waals surface area (Å²) in [5.74, 6) is -1.55. The third kappa shape index (κ3) is 2.86. The Kier molecular flexibility index (Phi) is 3.68. The summed E-state index contributed by atoms with van der Waals surface area (Å²) < 4.78 is 31.2. The summed E-state index contributed by atoms with van der Waals surface area (Å²) >= 11 is 0. The minimum atomic E-state index is -4.03. The van der Waals surface area contributed by atoms with Gasteiger partial charge in [0.2, 0.25) is 0 Å². The number of rotatable bonds is 3. The zero-order valence-electron chi connectivity index (χ0n) is 11.0. The average Bonchev–Trinajstić information content (AvgIpc) is 2.35. The van der Waals surface area contributed by atoms with E-state index in [0.29, 0.717) is 17.7 Å². The van der Waals surface area contributed by atoms with Crippen LogP contribution >= 0.6 is 0 Å². The number of hydrogen-bond donors (Lipinski definition) is 3. The van der Waals surface area contributed by atoms with E-state index >= 15 is 0 Å². The van der Waals surface area contributed by atoms with Crippen LogP contribution in [0.5, 0.6) is 5.75 Å². The maximum atomic E-state index is 13.9. The molecule has 0 spiro atoms. The fourth-order valence-electron chi connectivity index (χ4n) is 2.20. The predicted molar refractivity (Wildman–Crippen MR) is 71.3 cm³/mol. The summed E-state index contributed by atoms with van der Waals surface area (Å²) in [5.41, 5.74) is 5.99. The van der Waals surface area contributed by atoms with Crippen LogP contribution in [0.1, 0.15) is 18.1 Å². The van der Waals surface area contributed by atoms with Crippen molar-refractivity contribution in [3.8, 4) is 11.8 Å². The molecule has 4 N–H and O–H groups in total.